The van der Waals surface area contributed by atoms with E-state index in [0.717, 1.165) is 11.1 Å². The molecule has 0 spiro atoms. The van der Waals surface area contributed by atoms with Crippen LogP contribution in [0, 0.1) is 5.41 Å². The van der Waals surface area contributed by atoms with E-state index in [2.05, 4.69) is 0 Å². The minimum Gasteiger partial charge on any atom is -0.489 e. The molecule has 2 aromatic rings. The van der Waals surface area contributed by atoms with Crippen LogP contribution in [0.3, 0.4) is 0 Å². The van der Waals surface area contributed by atoms with Crippen molar-refractivity contribution < 1.29 is 23.8 Å². The summed E-state index contributed by atoms with van der Waals surface area (Å²) in [6, 6.07) is 17.3. The van der Waals surface area contributed by atoms with E-state index >= 15 is 0 Å². The lowest BCUT2D eigenvalue weighted by atomic mass is 9.70. The SMILES string of the molecule is CCOC(=O)C1=C(N)OC2=C(C(=O)CC(C)(C)C2)[C@@H]1c1ccc(OCc2ccccc2)cc1. The van der Waals surface area contributed by atoms with Crippen molar-refractivity contribution in [2.24, 2.45) is 11.1 Å². The minimum atomic E-state index is -0.639. The Labute approximate surface area is 194 Å². The number of esters is 1. The van der Waals surface area contributed by atoms with Crippen LogP contribution in [0.1, 0.15) is 50.7 Å². The van der Waals surface area contributed by atoms with Crippen molar-refractivity contribution >= 4 is 11.8 Å². The van der Waals surface area contributed by atoms with E-state index in [1.807, 2.05) is 68.4 Å². The Morgan fingerprint density at radius 2 is 1.79 bits per heavy atom. The molecule has 1 atom stereocenters. The third-order valence-electron chi connectivity index (χ3n) is 5.91. The molecule has 0 fully saturated rings. The van der Waals surface area contributed by atoms with Gasteiger partial charge >= 0.3 is 5.97 Å². The average molecular weight is 448 g/mol. The molecule has 0 saturated heterocycles. The third-order valence-corrected chi connectivity index (χ3v) is 5.91. The van der Waals surface area contributed by atoms with Crippen LogP contribution in [0.4, 0.5) is 0 Å². The van der Waals surface area contributed by atoms with E-state index in [0.29, 0.717) is 36.5 Å². The highest BCUT2D eigenvalue weighted by atomic mass is 16.5. The molecule has 1 heterocycles. The molecule has 1 aliphatic heterocycles. The number of carbonyl (C=O) groups is 2. The van der Waals surface area contributed by atoms with E-state index < -0.39 is 11.9 Å². The van der Waals surface area contributed by atoms with Gasteiger partial charge in [0.15, 0.2) is 5.78 Å². The predicted octanol–water partition coefficient (Wildman–Crippen LogP) is 4.76. The Hall–Kier alpha value is -3.54. The van der Waals surface area contributed by atoms with E-state index in [9.17, 15) is 9.59 Å². The second-order valence-corrected chi connectivity index (χ2v) is 9.15. The summed E-state index contributed by atoms with van der Waals surface area (Å²) in [6.45, 7) is 6.41. The van der Waals surface area contributed by atoms with E-state index in [4.69, 9.17) is 19.9 Å². The first-order valence-electron chi connectivity index (χ1n) is 11.2. The van der Waals surface area contributed by atoms with Crippen molar-refractivity contribution in [1.82, 2.24) is 0 Å². The summed E-state index contributed by atoms with van der Waals surface area (Å²) >= 11 is 0. The Balaban J connectivity index is 1.67. The van der Waals surface area contributed by atoms with Gasteiger partial charge in [0.1, 0.15) is 23.7 Å². The molecule has 2 N–H and O–H groups in total. The van der Waals surface area contributed by atoms with Crippen molar-refractivity contribution in [1.29, 1.82) is 0 Å². The summed E-state index contributed by atoms with van der Waals surface area (Å²) in [5.74, 6) is -0.0315. The molecular weight excluding hydrogens is 418 g/mol. The van der Waals surface area contributed by atoms with Gasteiger partial charge in [0, 0.05) is 18.4 Å². The lowest BCUT2D eigenvalue weighted by Crippen LogP contribution is -2.35. The zero-order valence-corrected chi connectivity index (χ0v) is 19.2. The number of hydrogen-bond donors (Lipinski definition) is 1. The van der Waals surface area contributed by atoms with Gasteiger partial charge in [-0.15, -0.1) is 0 Å². The molecule has 0 unspecified atom stereocenters. The van der Waals surface area contributed by atoms with Gasteiger partial charge < -0.3 is 19.9 Å². The second-order valence-electron chi connectivity index (χ2n) is 9.15. The van der Waals surface area contributed by atoms with Crippen molar-refractivity contribution in [3.63, 3.8) is 0 Å². The minimum absolute atomic E-state index is 0.00731. The number of ether oxygens (including phenoxy) is 3. The molecule has 2 aromatic carbocycles. The number of nitrogens with two attached hydrogens (primary N) is 1. The zero-order valence-electron chi connectivity index (χ0n) is 19.2. The summed E-state index contributed by atoms with van der Waals surface area (Å²) in [7, 11) is 0. The van der Waals surface area contributed by atoms with Crippen LogP contribution >= 0.6 is 0 Å². The Kier molecular flexibility index (Phi) is 6.27. The normalized spacial score (nSPS) is 19.6. The fourth-order valence-corrected chi connectivity index (χ4v) is 4.42. The van der Waals surface area contributed by atoms with Crippen LogP contribution in [0.5, 0.6) is 5.75 Å². The standard InChI is InChI=1S/C27H29NO5/c1-4-31-26(30)24-22(23-20(29)14-27(2,3)15-21(23)33-25(24)28)18-10-12-19(13-11-18)32-16-17-8-6-5-7-9-17/h5-13,22H,4,14-16,28H2,1-3H3/t22-/m0/s1. The Morgan fingerprint density at radius 3 is 2.45 bits per heavy atom. The molecule has 0 aromatic heterocycles. The van der Waals surface area contributed by atoms with Gasteiger partial charge in [0.05, 0.1) is 12.5 Å². The number of ketones is 1. The van der Waals surface area contributed by atoms with E-state index in [1.54, 1.807) is 6.92 Å². The highest BCUT2D eigenvalue weighted by Crippen LogP contribution is 2.48. The number of carbonyl (C=O) groups excluding carboxylic acids is 2. The van der Waals surface area contributed by atoms with Gasteiger partial charge in [0.2, 0.25) is 5.88 Å². The highest BCUT2D eigenvalue weighted by molar-refractivity contribution is 6.03. The fourth-order valence-electron chi connectivity index (χ4n) is 4.42. The number of hydrogen-bond acceptors (Lipinski definition) is 6. The molecule has 33 heavy (non-hydrogen) atoms. The van der Waals surface area contributed by atoms with Gasteiger partial charge in [-0.05, 0) is 35.6 Å². The summed E-state index contributed by atoms with van der Waals surface area (Å²) in [6.07, 6.45) is 0.944. The molecule has 0 amide bonds. The summed E-state index contributed by atoms with van der Waals surface area (Å²) < 4.78 is 17.0. The number of allylic oxidation sites excluding steroid dienone is 2. The fraction of sp³-hybridized carbons (Fsp3) is 0.333. The van der Waals surface area contributed by atoms with E-state index in [-0.39, 0.29) is 29.3 Å². The average Bonchev–Trinajstić information content (AvgIpc) is 2.77. The summed E-state index contributed by atoms with van der Waals surface area (Å²) in [5, 5.41) is 0. The molecule has 172 valence electrons. The zero-order chi connectivity index (χ0) is 23.6. The van der Waals surface area contributed by atoms with Crippen LogP contribution in [-0.4, -0.2) is 18.4 Å². The molecule has 6 nitrogen and oxygen atoms in total. The van der Waals surface area contributed by atoms with Crippen LogP contribution in [0.2, 0.25) is 0 Å². The molecule has 0 bridgehead atoms. The quantitative estimate of drug-likeness (QED) is 0.643. The molecular formula is C27H29NO5. The first-order valence-corrected chi connectivity index (χ1v) is 11.2. The van der Waals surface area contributed by atoms with Crippen LogP contribution in [0.15, 0.2) is 77.4 Å². The Morgan fingerprint density at radius 1 is 1.09 bits per heavy atom. The van der Waals surface area contributed by atoms with Gasteiger partial charge in [-0.25, -0.2) is 4.79 Å². The lowest BCUT2D eigenvalue weighted by molar-refractivity contribution is -0.139. The first-order chi connectivity index (χ1) is 15.8. The Bertz CT molecular complexity index is 1110. The number of Topliss-reactive ketones (excluding diaryl/α,β-unsaturated/α-hetero) is 1. The van der Waals surface area contributed by atoms with Crippen molar-refractivity contribution in [3.05, 3.63) is 88.5 Å². The lowest BCUT2D eigenvalue weighted by Gasteiger charge is -2.37. The topological polar surface area (TPSA) is 87.9 Å². The van der Waals surface area contributed by atoms with Gasteiger partial charge in [-0.2, -0.15) is 0 Å². The van der Waals surface area contributed by atoms with E-state index in [1.165, 1.54) is 0 Å². The maximum absolute atomic E-state index is 13.2. The summed E-state index contributed by atoms with van der Waals surface area (Å²) in [5.41, 5.74) is 8.45. The molecule has 4 rings (SSSR count). The molecule has 6 heteroatoms. The number of benzene rings is 2. The first kappa shape index (κ1) is 22.6. The highest BCUT2D eigenvalue weighted by Gasteiger charge is 2.45. The third kappa shape index (κ3) is 4.80. The van der Waals surface area contributed by atoms with Crippen molar-refractivity contribution in [2.75, 3.05) is 6.61 Å². The van der Waals surface area contributed by atoms with Crippen molar-refractivity contribution in [3.8, 4) is 5.75 Å². The summed E-state index contributed by atoms with van der Waals surface area (Å²) in [4.78, 5) is 26.0. The maximum atomic E-state index is 13.2. The smallest absolute Gasteiger partial charge is 0.340 e. The molecule has 0 radical (unpaired) electrons. The predicted molar refractivity (Wildman–Crippen MR) is 124 cm³/mol. The number of rotatable bonds is 6. The maximum Gasteiger partial charge on any atom is 0.340 e. The van der Waals surface area contributed by atoms with Crippen LogP contribution in [0.25, 0.3) is 0 Å². The molecule has 2 aliphatic rings. The van der Waals surface area contributed by atoms with Gasteiger partial charge in [0.25, 0.3) is 0 Å². The molecule has 1 aliphatic carbocycles. The van der Waals surface area contributed by atoms with Gasteiger partial charge in [-0.1, -0.05) is 56.3 Å². The molecule has 0 saturated carbocycles. The second kappa shape index (κ2) is 9.14. The largest absolute Gasteiger partial charge is 0.489 e. The van der Waals surface area contributed by atoms with Crippen LogP contribution < -0.4 is 10.5 Å². The van der Waals surface area contributed by atoms with Gasteiger partial charge in [-0.3, -0.25) is 4.79 Å². The van der Waals surface area contributed by atoms with Crippen LogP contribution in [-0.2, 0) is 25.7 Å². The monoisotopic (exact) mass is 447 g/mol. The van der Waals surface area contributed by atoms with Crippen molar-refractivity contribution in [2.45, 2.75) is 46.1 Å².